The average molecular weight is 356 g/mol. The molecule has 1 amide bonds. The summed E-state index contributed by atoms with van der Waals surface area (Å²) < 4.78 is 5.22. The first kappa shape index (κ1) is 17.9. The molecule has 132 valence electrons. The molecule has 1 fully saturated rings. The predicted molar refractivity (Wildman–Crippen MR) is 103 cm³/mol. The molecule has 0 radical (unpaired) electrons. The van der Waals surface area contributed by atoms with Gasteiger partial charge in [0.15, 0.2) is 0 Å². The smallest absolute Gasteiger partial charge is 0.230 e. The Kier molecular flexibility index (Phi) is 5.69. The first-order chi connectivity index (χ1) is 12.1. The number of methoxy groups -OCH3 is 1. The molecular weight excluding hydrogens is 330 g/mol. The third-order valence-electron chi connectivity index (χ3n) is 4.59. The van der Waals surface area contributed by atoms with Gasteiger partial charge in [-0.2, -0.15) is 0 Å². The minimum absolute atomic E-state index is 0.0959. The molecule has 0 heterocycles. The number of amides is 1. The van der Waals surface area contributed by atoms with Gasteiger partial charge in [0, 0.05) is 4.90 Å². The third kappa shape index (κ3) is 4.79. The Morgan fingerprint density at radius 2 is 1.92 bits per heavy atom. The normalized spacial score (nSPS) is 14.8. The monoisotopic (exact) mass is 355 g/mol. The molecule has 0 aromatic heterocycles. The van der Waals surface area contributed by atoms with Crippen LogP contribution < -0.4 is 10.1 Å². The first-order valence-corrected chi connectivity index (χ1v) is 9.69. The van der Waals surface area contributed by atoms with Crippen LogP contribution in [0, 0.1) is 19.8 Å². The van der Waals surface area contributed by atoms with E-state index in [1.165, 1.54) is 28.9 Å². The van der Waals surface area contributed by atoms with E-state index >= 15 is 0 Å². The van der Waals surface area contributed by atoms with E-state index in [9.17, 15) is 4.79 Å². The van der Waals surface area contributed by atoms with Gasteiger partial charge in [-0.15, -0.1) is 11.8 Å². The minimum Gasteiger partial charge on any atom is -0.497 e. The van der Waals surface area contributed by atoms with E-state index in [2.05, 4.69) is 49.5 Å². The van der Waals surface area contributed by atoms with Crippen LogP contribution in [-0.4, -0.2) is 18.8 Å². The van der Waals surface area contributed by atoms with Gasteiger partial charge in [0.25, 0.3) is 0 Å². The van der Waals surface area contributed by atoms with E-state index in [-0.39, 0.29) is 11.9 Å². The summed E-state index contributed by atoms with van der Waals surface area (Å²) in [4.78, 5) is 13.7. The maximum Gasteiger partial charge on any atom is 0.230 e. The van der Waals surface area contributed by atoms with Crippen molar-refractivity contribution in [2.75, 3.05) is 12.9 Å². The second-order valence-electron chi connectivity index (χ2n) is 6.71. The van der Waals surface area contributed by atoms with Crippen LogP contribution in [-0.2, 0) is 4.79 Å². The van der Waals surface area contributed by atoms with Crippen LogP contribution in [0.15, 0.2) is 47.4 Å². The summed E-state index contributed by atoms with van der Waals surface area (Å²) in [6, 6.07) is 14.5. The van der Waals surface area contributed by atoms with E-state index in [0.29, 0.717) is 11.7 Å². The van der Waals surface area contributed by atoms with Crippen molar-refractivity contribution in [3.8, 4) is 5.75 Å². The molecule has 0 aliphatic heterocycles. The van der Waals surface area contributed by atoms with Gasteiger partial charge in [-0.05, 0) is 61.9 Å². The number of benzene rings is 2. The number of rotatable bonds is 7. The van der Waals surface area contributed by atoms with Crippen LogP contribution in [0.25, 0.3) is 0 Å². The summed E-state index contributed by atoms with van der Waals surface area (Å²) in [6.45, 7) is 4.17. The average Bonchev–Trinajstić information content (AvgIpc) is 3.45. The van der Waals surface area contributed by atoms with Crippen molar-refractivity contribution in [1.29, 1.82) is 0 Å². The lowest BCUT2D eigenvalue weighted by atomic mass is 10.0. The van der Waals surface area contributed by atoms with E-state index < -0.39 is 0 Å². The summed E-state index contributed by atoms with van der Waals surface area (Å²) >= 11 is 1.61. The lowest BCUT2D eigenvalue weighted by molar-refractivity contribution is -0.119. The molecular formula is C21H25NO2S. The van der Waals surface area contributed by atoms with Crippen molar-refractivity contribution in [2.45, 2.75) is 37.6 Å². The van der Waals surface area contributed by atoms with Crippen molar-refractivity contribution >= 4 is 17.7 Å². The molecule has 0 bridgehead atoms. The lowest BCUT2D eigenvalue weighted by Crippen LogP contribution is -2.31. The van der Waals surface area contributed by atoms with Gasteiger partial charge in [0.2, 0.25) is 5.91 Å². The molecule has 1 aliphatic rings. The molecule has 2 aromatic carbocycles. The lowest BCUT2D eigenvalue weighted by Gasteiger charge is -2.19. The number of carbonyl (C=O) groups excluding carboxylic acids is 1. The molecule has 4 heteroatoms. The van der Waals surface area contributed by atoms with Crippen LogP contribution in [0.4, 0.5) is 0 Å². The highest BCUT2D eigenvalue weighted by Crippen LogP contribution is 2.41. The Morgan fingerprint density at radius 1 is 1.20 bits per heavy atom. The van der Waals surface area contributed by atoms with Crippen molar-refractivity contribution in [2.24, 2.45) is 5.92 Å². The first-order valence-electron chi connectivity index (χ1n) is 8.70. The van der Waals surface area contributed by atoms with Gasteiger partial charge in [-0.25, -0.2) is 0 Å². The quantitative estimate of drug-likeness (QED) is 0.734. The highest BCUT2D eigenvalue weighted by atomic mass is 32.2. The molecule has 1 atom stereocenters. The number of nitrogens with one attached hydrogen (secondary N) is 1. The fraction of sp³-hybridized carbons (Fsp3) is 0.381. The Labute approximate surface area is 154 Å². The summed E-state index contributed by atoms with van der Waals surface area (Å²) in [5.41, 5.74) is 3.60. The van der Waals surface area contributed by atoms with Crippen molar-refractivity contribution in [1.82, 2.24) is 5.32 Å². The summed E-state index contributed by atoms with van der Waals surface area (Å²) in [7, 11) is 1.67. The number of thioether (sulfide) groups is 1. The molecule has 1 aliphatic carbocycles. The number of ether oxygens (including phenoxy) is 1. The molecule has 1 N–H and O–H groups in total. The molecule has 3 rings (SSSR count). The van der Waals surface area contributed by atoms with E-state index in [1.807, 2.05) is 12.1 Å². The Hall–Kier alpha value is -1.94. The molecule has 3 nitrogen and oxygen atoms in total. The zero-order chi connectivity index (χ0) is 17.8. The van der Waals surface area contributed by atoms with Crippen molar-refractivity contribution < 1.29 is 9.53 Å². The number of carbonyl (C=O) groups is 1. The fourth-order valence-corrected chi connectivity index (χ4v) is 3.87. The fourth-order valence-electron chi connectivity index (χ4n) is 2.94. The van der Waals surface area contributed by atoms with E-state index in [1.54, 1.807) is 18.9 Å². The van der Waals surface area contributed by atoms with Gasteiger partial charge < -0.3 is 10.1 Å². The topological polar surface area (TPSA) is 38.3 Å². The third-order valence-corrected chi connectivity index (χ3v) is 5.74. The minimum atomic E-state index is 0.0959. The zero-order valence-electron chi connectivity index (χ0n) is 15.0. The predicted octanol–water partition coefficient (Wildman–Crippen LogP) is 4.67. The summed E-state index contributed by atoms with van der Waals surface area (Å²) in [6.07, 6.45) is 2.36. The highest BCUT2D eigenvalue weighted by molar-refractivity contribution is 8.00. The standard InChI is InChI=1S/C21H25NO2S/c1-14-4-5-15(2)19(12-14)25-13-20(23)22-21(16-6-7-16)17-8-10-18(24-3)11-9-17/h4-5,8-12,16,21H,6-7,13H2,1-3H3,(H,22,23). The van der Waals surface area contributed by atoms with Crippen LogP contribution in [0.5, 0.6) is 5.75 Å². The van der Waals surface area contributed by atoms with Gasteiger partial charge in [-0.3, -0.25) is 4.79 Å². The number of hydrogen-bond donors (Lipinski definition) is 1. The summed E-state index contributed by atoms with van der Waals surface area (Å²) in [5.74, 6) is 1.95. The number of hydrogen-bond acceptors (Lipinski definition) is 3. The molecule has 0 saturated heterocycles. The zero-order valence-corrected chi connectivity index (χ0v) is 15.9. The van der Waals surface area contributed by atoms with Gasteiger partial charge in [0.05, 0.1) is 18.9 Å². The largest absolute Gasteiger partial charge is 0.497 e. The second kappa shape index (κ2) is 7.96. The highest BCUT2D eigenvalue weighted by Gasteiger charge is 2.33. The molecule has 2 aromatic rings. The van der Waals surface area contributed by atoms with Crippen LogP contribution in [0.1, 0.15) is 35.6 Å². The van der Waals surface area contributed by atoms with Crippen LogP contribution in [0.3, 0.4) is 0 Å². The Morgan fingerprint density at radius 3 is 2.56 bits per heavy atom. The van der Waals surface area contributed by atoms with Crippen molar-refractivity contribution in [3.63, 3.8) is 0 Å². The molecule has 25 heavy (non-hydrogen) atoms. The van der Waals surface area contributed by atoms with E-state index in [4.69, 9.17) is 4.74 Å². The molecule has 0 spiro atoms. The summed E-state index contributed by atoms with van der Waals surface area (Å²) in [5, 5.41) is 3.24. The van der Waals surface area contributed by atoms with Crippen LogP contribution in [0.2, 0.25) is 0 Å². The second-order valence-corrected chi connectivity index (χ2v) is 7.73. The Bertz CT molecular complexity index is 738. The SMILES string of the molecule is COc1ccc(C(NC(=O)CSc2cc(C)ccc2C)C2CC2)cc1. The maximum atomic E-state index is 12.5. The van der Waals surface area contributed by atoms with Gasteiger partial charge in [0.1, 0.15) is 5.75 Å². The maximum absolute atomic E-state index is 12.5. The van der Waals surface area contributed by atoms with Gasteiger partial charge >= 0.3 is 0 Å². The van der Waals surface area contributed by atoms with Crippen LogP contribution >= 0.6 is 11.8 Å². The molecule has 1 unspecified atom stereocenters. The molecule has 1 saturated carbocycles. The van der Waals surface area contributed by atoms with Crippen molar-refractivity contribution in [3.05, 3.63) is 59.2 Å². The van der Waals surface area contributed by atoms with E-state index in [0.717, 1.165) is 11.3 Å². The number of aryl methyl sites for hydroxylation is 2. The van der Waals surface area contributed by atoms with Gasteiger partial charge in [-0.1, -0.05) is 29.8 Å². The Balaban J connectivity index is 1.62.